The Bertz CT molecular complexity index is 1550. The van der Waals surface area contributed by atoms with Crippen LogP contribution in [0.1, 0.15) is 0 Å². The van der Waals surface area contributed by atoms with E-state index in [2.05, 4.69) is 6.07 Å². The SMILES string of the molecule is O=P12c3ccccc3Oc3cc(-c4ccc5ccccc5n4)cc(c31)Oc1ccccc12. The van der Waals surface area contributed by atoms with Gasteiger partial charge in [-0.3, -0.25) is 0 Å². The summed E-state index contributed by atoms with van der Waals surface area (Å²) in [5.74, 6) is 2.36. The van der Waals surface area contributed by atoms with E-state index in [-0.39, 0.29) is 0 Å². The molecule has 1 aromatic heterocycles. The molecule has 3 heterocycles. The molecular weight excluding hydrogens is 417 g/mol. The number of pyridine rings is 1. The standard InChI is InChI=1S/C27H16NO3P/c29-32-25-11-5-3-9-21(25)30-23-15-18(20-14-13-17-7-1-2-8-19(17)28-20)16-24(27(23)32)31-22-10-4-6-12-26(22)32/h1-16H. The van der Waals surface area contributed by atoms with E-state index in [9.17, 15) is 4.57 Å². The van der Waals surface area contributed by atoms with Gasteiger partial charge in [0.1, 0.15) is 28.3 Å². The fourth-order valence-electron chi connectivity index (χ4n) is 4.64. The highest BCUT2D eigenvalue weighted by Gasteiger charge is 2.46. The fourth-order valence-corrected chi connectivity index (χ4v) is 7.67. The first-order chi connectivity index (χ1) is 15.7. The minimum Gasteiger partial charge on any atom is -0.456 e. The van der Waals surface area contributed by atoms with Crippen LogP contribution < -0.4 is 25.4 Å². The molecule has 0 unspecified atom stereocenters. The quantitative estimate of drug-likeness (QED) is 0.309. The van der Waals surface area contributed by atoms with Gasteiger partial charge >= 0.3 is 0 Å². The maximum Gasteiger partial charge on any atom is 0.185 e. The van der Waals surface area contributed by atoms with Gasteiger partial charge in [-0.2, -0.15) is 0 Å². The van der Waals surface area contributed by atoms with Crippen LogP contribution in [0.15, 0.2) is 97.1 Å². The van der Waals surface area contributed by atoms with Gasteiger partial charge in [-0.1, -0.05) is 48.5 Å². The van der Waals surface area contributed by atoms with Gasteiger partial charge in [-0.15, -0.1) is 0 Å². The van der Waals surface area contributed by atoms with Crippen LogP contribution in [-0.2, 0) is 4.57 Å². The zero-order valence-corrected chi connectivity index (χ0v) is 17.8. The molecule has 0 fully saturated rings. The Balaban J connectivity index is 1.51. The molecule has 5 heteroatoms. The summed E-state index contributed by atoms with van der Waals surface area (Å²) >= 11 is 0. The number of benzene rings is 4. The van der Waals surface area contributed by atoms with E-state index in [0.717, 1.165) is 22.2 Å². The predicted molar refractivity (Wildman–Crippen MR) is 127 cm³/mol. The molecule has 2 aliphatic rings. The van der Waals surface area contributed by atoms with E-state index in [1.54, 1.807) is 0 Å². The van der Waals surface area contributed by atoms with Crippen molar-refractivity contribution in [1.82, 2.24) is 4.98 Å². The van der Waals surface area contributed by atoms with Gasteiger partial charge in [0.25, 0.3) is 0 Å². The molecule has 5 aromatic rings. The Hall–Kier alpha value is -3.88. The summed E-state index contributed by atoms with van der Waals surface area (Å²) in [5, 5.41) is 3.12. The lowest BCUT2D eigenvalue weighted by Crippen LogP contribution is -2.35. The van der Waals surface area contributed by atoms with Crippen LogP contribution in [0.2, 0.25) is 0 Å². The third-order valence-corrected chi connectivity index (χ3v) is 9.26. The number of nitrogens with zero attached hydrogens (tertiary/aromatic N) is 1. The smallest absolute Gasteiger partial charge is 0.185 e. The lowest BCUT2D eigenvalue weighted by Gasteiger charge is -2.34. The number of ether oxygens (including phenoxy) is 2. The van der Waals surface area contributed by atoms with Crippen LogP contribution in [0, 0.1) is 0 Å². The number of para-hydroxylation sites is 3. The zero-order chi connectivity index (χ0) is 21.3. The fraction of sp³-hybridized carbons (Fsp3) is 0. The summed E-state index contributed by atoms with van der Waals surface area (Å²) in [7, 11) is -3.14. The van der Waals surface area contributed by atoms with Gasteiger partial charge in [0.15, 0.2) is 7.14 Å². The summed E-state index contributed by atoms with van der Waals surface area (Å²) in [6.45, 7) is 0. The van der Waals surface area contributed by atoms with Crippen molar-refractivity contribution in [1.29, 1.82) is 0 Å². The Morgan fingerprint density at radius 3 is 1.91 bits per heavy atom. The lowest BCUT2D eigenvalue weighted by atomic mass is 10.1. The van der Waals surface area contributed by atoms with Crippen molar-refractivity contribution in [2.75, 3.05) is 0 Å². The third-order valence-electron chi connectivity index (χ3n) is 6.10. The topological polar surface area (TPSA) is 48.4 Å². The average molecular weight is 433 g/mol. The maximum absolute atomic E-state index is 14.8. The average Bonchev–Trinajstić information content (AvgIpc) is 2.84. The van der Waals surface area contributed by atoms with E-state index in [1.165, 1.54) is 0 Å². The van der Waals surface area contributed by atoms with Gasteiger partial charge in [0.2, 0.25) is 0 Å². The van der Waals surface area contributed by atoms with Crippen molar-refractivity contribution in [2.45, 2.75) is 0 Å². The molecule has 0 bridgehead atoms. The molecule has 0 N–H and O–H groups in total. The molecule has 7 rings (SSSR count). The lowest BCUT2D eigenvalue weighted by molar-refractivity contribution is 0.462. The summed E-state index contributed by atoms with van der Waals surface area (Å²) in [5.41, 5.74) is 2.58. The first-order valence-corrected chi connectivity index (χ1v) is 12.1. The minimum atomic E-state index is -3.14. The van der Waals surface area contributed by atoms with E-state index < -0.39 is 7.14 Å². The second-order valence-electron chi connectivity index (χ2n) is 7.96. The molecule has 2 aliphatic heterocycles. The molecule has 152 valence electrons. The molecule has 0 saturated carbocycles. The number of fused-ring (bicyclic) bond motifs is 5. The van der Waals surface area contributed by atoms with Crippen molar-refractivity contribution in [2.24, 2.45) is 0 Å². The molecule has 32 heavy (non-hydrogen) atoms. The maximum atomic E-state index is 14.8. The highest BCUT2D eigenvalue weighted by molar-refractivity contribution is 7.86. The molecule has 0 atom stereocenters. The van der Waals surface area contributed by atoms with Crippen molar-refractivity contribution < 1.29 is 14.0 Å². The van der Waals surface area contributed by atoms with Gasteiger partial charge in [0, 0.05) is 10.9 Å². The van der Waals surface area contributed by atoms with Crippen LogP contribution in [0.5, 0.6) is 23.0 Å². The van der Waals surface area contributed by atoms with E-state index in [0.29, 0.717) is 38.9 Å². The Kier molecular flexibility index (Phi) is 3.51. The second-order valence-corrected chi connectivity index (χ2v) is 10.6. The monoisotopic (exact) mass is 433 g/mol. The molecule has 0 aliphatic carbocycles. The van der Waals surface area contributed by atoms with E-state index in [1.807, 2.05) is 91.0 Å². The van der Waals surface area contributed by atoms with Crippen LogP contribution in [0.4, 0.5) is 0 Å². The largest absolute Gasteiger partial charge is 0.456 e. The summed E-state index contributed by atoms with van der Waals surface area (Å²) in [6.07, 6.45) is 0. The highest BCUT2D eigenvalue weighted by atomic mass is 31.2. The highest BCUT2D eigenvalue weighted by Crippen LogP contribution is 2.58. The minimum absolute atomic E-state index is 0.559. The Morgan fingerprint density at radius 2 is 1.22 bits per heavy atom. The van der Waals surface area contributed by atoms with Gasteiger partial charge < -0.3 is 14.0 Å². The van der Waals surface area contributed by atoms with Crippen LogP contribution in [-0.4, -0.2) is 4.98 Å². The van der Waals surface area contributed by atoms with Crippen LogP contribution in [0.3, 0.4) is 0 Å². The Labute approximate surface area is 184 Å². The van der Waals surface area contributed by atoms with Crippen LogP contribution in [0.25, 0.3) is 22.2 Å². The van der Waals surface area contributed by atoms with Crippen molar-refractivity contribution in [3.8, 4) is 34.3 Å². The summed E-state index contributed by atoms with van der Waals surface area (Å²) < 4.78 is 27.3. The molecule has 4 aromatic carbocycles. The third kappa shape index (κ3) is 2.33. The molecule has 0 radical (unpaired) electrons. The summed E-state index contributed by atoms with van der Waals surface area (Å²) in [6, 6.07) is 31.0. The van der Waals surface area contributed by atoms with E-state index >= 15 is 0 Å². The zero-order valence-electron chi connectivity index (χ0n) is 16.9. The second kappa shape index (κ2) is 6.32. The van der Waals surface area contributed by atoms with Gasteiger partial charge in [-0.05, 0) is 48.5 Å². The number of hydrogen-bond donors (Lipinski definition) is 0. The molecule has 4 nitrogen and oxygen atoms in total. The van der Waals surface area contributed by atoms with E-state index in [4.69, 9.17) is 14.5 Å². The molecule has 0 amide bonds. The van der Waals surface area contributed by atoms with Gasteiger partial charge in [0.05, 0.1) is 21.8 Å². The first kappa shape index (κ1) is 17.8. The first-order valence-electron chi connectivity index (χ1n) is 10.4. The number of aromatic nitrogens is 1. The van der Waals surface area contributed by atoms with Crippen molar-refractivity contribution in [3.63, 3.8) is 0 Å². The number of hydrogen-bond acceptors (Lipinski definition) is 4. The van der Waals surface area contributed by atoms with Gasteiger partial charge in [-0.25, -0.2) is 4.98 Å². The van der Waals surface area contributed by atoms with Crippen molar-refractivity contribution in [3.05, 3.63) is 97.1 Å². The predicted octanol–water partition coefficient (Wildman–Crippen LogP) is 5.75. The summed E-state index contributed by atoms with van der Waals surface area (Å²) in [4.78, 5) is 4.83. The molecule has 0 spiro atoms. The molecular formula is C27H16NO3P. The van der Waals surface area contributed by atoms with Crippen LogP contribution >= 0.6 is 7.14 Å². The molecule has 0 saturated heterocycles. The normalized spacial score (nSPS) is 14.5. The number of rotatable bonds is 1. The van der Waals surface area contributed by atoms with Crippen molar-refractivity contribution >= 4 is 34.0 Å². The Morgan fingerprint density at radius 1 is 0.625 bits per heavy atom.